The lowest BCUT2D eigenvalue weighted by Gasteiger charge is -2.13. The summed E-state index contributed by atoms with van der Waals surface area (Å²) in [6.07, 6.45) is 0. The third-order valence-electron chi connectivity index (χ3n) is 2.77. The van der Waals surface area contributed by atoms with E-state index < -0.39 is 6.04 Å². The zero-order chi connectivity index (χ0) is 13.8. The van der Waals surface area contributed by atoms with Crippen molar-refractivity contribution < 1.29 is 9.53 Å². The molecule has 0 radical (unpaired) electrons. The van der Waals surface area contributed by atoms with E-state index in [-0.39, 0.29) is 11.5 Å². The highest BCUT2D eigenvalue weighted by Gasteiger charge is 2.14. The summed E-state index contributed by atoms with van der Waals surface area (Å²) in [5.41, 5.74) is -0.184. The summed E-state index contributed by atoms with van der Waals surface area (Å²) < 4.78 is 4.90. The van der Waals surface area contributed by atoms with Crippen LogP contribution in [0, 0.1) is 0 Å². The molecular weight excluding hydrogens is 244 g/mol. The molecule has 2 rings (SSSR count). The maximum absolute atomic E-state index is 11.9. The van der Waals surface area contributed by atoms with Crippen molar-refractivity contribution in [2.24, 2.45) is 0 Å². The van der Waals surface area contributed by atoms with Gasteiger partial charge in [0.1, 0.15) is 11.9 Å². The van der Waals surface area contributed by atoms with Gasteiger partial charge in [-0.25, -0.2) is 4.79 Å². The molecule has 1 aromatic heterocycles. The van der Waals surface area contributed by atoms with Gasteiger partial charge >= 0.3 is 5.97 Å². The van der Waals surface area contributed by atoms with Crippen molar-refractivity contribution in [2.45, 2.75) is 19.9 Å². The number of pyridine rings is 1. The van der Waals surface area contributed by atoms with E-state index in [0.29, 0.717) is 17.8 Å². The molecule has 2 N–H and O–H groups in total. The summed E-state index contributed by atoms with van der Waals surface area (Å²) in [5.74, 6) is 0.153. The van der Waals surface area contributed by atoms with E-state index in [1.165, 1.54) is 0 Å². The van der Waals surface area contributed by atoms with Crippen LogP contribution in [0.5, 0.6) is 0 Å². The van der Waals surface area contributed by atoms with E-state index >= 15 is 0 Å². The van der Waals surface area contributed by atoms with Crippen LogP contribution in [0.1, 0.15) is 13.8 Å². The van der Waals surface area contributed by atoms with Gasteiger partial charge in [0.05, 0.1) is 6.61 Å². The van der Waals surface area contributed by atoms with Crippen LogP contribution < -0.4 is 10.9 Å². The van der Waals surface area contributed by atoms with E-state index in [9.17, 15) is 9.59 Å². The first-order valence-electron chi connectivity index (χ1n) is 6.17. The van der Waals surface area contributed by atoms with Gasteiger partial charge in [0.15, 0.2) is 0 Å². The van der Waals surface area contributed by atoms with Gasteiger partial charge in [-0.2, -0.15) is 0 Å². The topological polar surface area (TPSA) is 71.2 Å². The predicted octanol–water partition coefficient (Wildman–Crippen LogP) is 1.89. The number of esters is 1. The van der Waals surface area contributed by atoms with Gasteiger partial charge in [-0.1, -0.05) is 18.2 Å². The summed E-state index contributed by atoms with van der Waals surface area (Å²) in [5, 5.41) is 4.38. The number of carbonyl (C=O) groups is 1. The molecule has 2 aromatic rings. The lowest BCUT2D eigenvalue weighted by atomic mass is 10.2. The van der Waals surface area contributed by atoms with E-state index in [1.807, 2.05) is 18.2 Å². The smallest absolute Gasteiger partial charge is 0.328 e. The van der Waals surface area contributed by atoms with Crippen LogP contribution in [-0.4, -0.2) is 23.6 Å². The maximum Gasteiger partial charge on any atom is 0.328 e. The molecule has 0 saturated heterocycles. The van der Waals surface area contributed by atoms with Gasteiger partial charge in [-0.15, -0.1) is 0 Å². The quantitative estimate of drug-likeness (QED) is 0.823. The number of hydrogen-bond donors (Lipinski definition) is 2. The largest absolute Gasteiger partial charge is 0.464 e. The van der Waals surface area contributed by atoms with Gasteiger partial charge in [0, 0.05) is 5.39 Å². The normalized spacial score (nSPS) is 12.1. The van der Waals surface area contributed by atoms with Crippen LogP contribution in [-0.2, 0) is 9.53 Å². The zero-order valence-corrected chi connectivity index (χ0v) is 10.9. The lowest BCUT2D eigenvalue weighted by Crippen LogP contribution is -2.29. The molecule has 5 nitrogen and oxygen atoms in total. The average Bonchev–Trinajstić information content (AvgIpc) is 2.39. The molecule has 0 aliphatic carbocycles. The summed E-state index contributed by atoms with van der Waals surface area (Å²) in [6.45, 7) is 3.77. The summed E-state index contributed by atoms with van der Waals surface area (Å²) >= 11 is 0. The monoisotopic (exact) mass is 260 g/mol. The fourth-order valence-electron chi connectivity index (χ4n) is 1.85. The predicted molar refractivity (Wildman–Crippen MR) is 74.3 cm³/mol. The number of anilines is 1. The third kappa shape index (κ3) is 2.93. The Kier molecular flexibility index (Phi) is 3.85. The average molecular weight is 260 g/mol. The van der Waals surface area contributed by atoms with Gasteiger partial charge in [-0.3, -0.25) is 4.79 Å². The molecule has 0 spiro atoms. The summed E-state index contributed by atoms with van der Waals surface area (Å²) in [7, 11) is 0. The Morgan fingerprint density at radius 1 is 1.42 bits per heavy atom. The molecule has 1 heterocycles. The minimum atomic E-state index is -0.517. The molecule has 100 valence electrons. The van der Waals surface area contributed by atoms with Crippen LogP contribution in [0.4, 0.5) is 5.82 Å². The number of benzene rings is 1. The lowest BCUT2D eigenvalue weighted by molar-refractivity contribution is -0.143. The number of hydrogen-bond acceptors (Lipinski definition) is 4. The Balaban J connectivity index is 2.26. The molecule has 1 atom stereocenters. The van der Waals surface area contributed by atoms with E-state index in [4.69, 9.17) is 4.74 Å². The molecule has 19 heavy (non-hydrogen) atoms. The number of rotatable bonds is 4. The zero-order valence-electron chi connectivity index (χ0n) is 10.9. The summed E-state index contributed by atoms with van der Waals surface area (Å²) in [6, 6.07) is 8.56. The highest BCUT2D eigenvalue weighted by Crippen LogP contribution is 2.13. The van der Waals surface area contributed by atoms with Crippen LogP contribution in [0.3, 0.4) is 0 Å². The molecule has 1 aromatic carbocycles. The Morgan fingerprint density at radius 3 is 2.89 bits per heavy atom. The van der Waals surface area contributed by atoms with Gasteiger partial charge < -0.3 is 15.0 Å². The number of H-pyrrole nitrogens is 1. The van der Waals surface area contributed by atoms with Crippen LogP contribution >= 0.6 is 0 Å². The number of aromatic amines is 1. The van der Waals surface area contributed by atoms with E-state index in [0.717, 1.165) is 5.39 Å². The van der Waals surface area contributed by atoms with Crippen molar-refractivity contribution in [3.63, 3.8) is 0 Å². The molecule has 0 fully saturated rings. The Hall–Kier alpha value is -2.30. The number of nitrogens with one attached hydrogen (secondary N) is 2. The fraction of sp³-hybridized carbons (Fsp3) is 0.286. The number of fused-ring (bicyclic) bond motifs is 1. The second kappa shape index (κ2) is 5.56. The van der Waals surface area contributed by atoms with Crippen molar-refractivity contribution in [3.05, 3.63) is 40.7 Å². The maximum atomic E-state index is 11.9. The third-order valence-corrected chi connectivity index (χ3v) is 2.77. The van der Waals surface area contributed by atoms with Crippen molar-refractivity contribution in [3.8, 4) is 0 Å². The second-order valence-corrected chi connectivity index (χ2v) is 4.22. The molecule has 0 bridgehead atoms. The Morgan fingerprint density at radius 2 is 2.16 bits per heavy atom. The molecule has 5 heteroatoms. The first kappa shape index (κ1) is 13.1. The van der Waals surface area contributed by atoms with E-state index in [2.05, 4.69) is 10.3 Å². The number of aromatic nitrogens is 1. The van der Waals surface area contributed by atoms with E-state index in [1.54, 1.807) is 26.0 Å². The standard InChI is InChI=1S/C14H16N2O3/c1-3-19-14(18)9(2)15-12-8-10-6-4-5-7-11(10)13(17)16-12/h4-9H,3H2,1-2H3,(H2,15,16,17). The SMILES string of the molecule is CCOC(=O)C(C)Nc1cc2ccccc2c(=O)[nH]1. The van der Waals surface area contributed by atoms with Crippen LogP contribution in [0.15, 0.2) is 35.1 Å². The highest BCUT2D eigenvalue weighted by molar-refractivity contribution is 5.85. The minimum absolute atomic E-state index is 0.184. The molecule has 0 aliphatic rings. The van der Waals surface area contributed by atoms with Crippen molar-refractivity contribution in [1.29, 1.82) is 0 Å². The summed E-state index contributed by atoms with van der Waals surface area (Å²) in [4.78, 5) is 26.1. The van der Waals surface area contributed by atoms with Crippen LogP contribution in [0.2, 0.25) is 0 Å². The first-order valence-corrected chi connectivity index (χ1v) is 6.17. The van der Waals surface area contributed by atoms with Crippen molar-refractivity contribution >= 4 is 22.6 Å². The molecule has 0 saturated carbocycles. The number of carbonyl (C=O) groups excluding carboxylic acids is 1. The van der Waals surface area contributed by atoms with Gasteiger partial charge in [0.25, 0.3) is 5.56 Å². The van der Waals surface area contributed by atoms with Gasteiger partial charge in [-0.05, 0) is 31.4 Å². The molecular formula is C14H16N2O3. The van der Waals surface area contributed by atoms with Gasteiger partial charge in [0.2, 0.25) is 0 Å². The number of ether oxygens (including phenoxy) is 1. The second-order valence-electron chi connectivity index (χ2n) is 4.22. The first-order chi connectivity index (χ1) is 9.11. The highest BCUT2D eigenvalue weighted by atomic mass is 16.5. The molecule has 0 amide bonds. The Labute approximate surface area is 110 Å². The Bertz CT molecular complexity index is 648. The molecule has 1 unspecified atom stereocenters. The van der Waals surface area contributed by atoms with Crippen molar-refractivity contribution in [1.82, 2.24) is 4.98 Å². The fourth-order valence-corrected chi connectivity index (χ4v) is 1.85. The minimum Gasteiger partial charge on any atom is -0.464 e. The molecule has 0 aliphatic heterocycles. The van der Waals surface area contributed by atoms with Crippen molar-refractivity contribution in [2.75, 3.05) is 11.9 Å². The van der Waals surface area contributed by atoms with Crippen LogP contribution in [0.25, 0.3) is 10.8 Å².